The second kappa shape index (κ2) is 8.48. The maximum atomic E-state index is 10.8. The van der Waals surface area contributed by atoms with Crippen molar-refractivity contribution in [2.75, 3.05) is 6.61 Å². The van der Waals surface area contributed by atoms with E-state index in [1.807, 2.05) is 18.2 Å². The van der Waals surface area contributed by atoms with E-state index >= 15 is 0 Å². The number of furan rings is 1. The van der Waals surface area contributed by atoms with Crippen LogP contribution in [0.15, 0.2) is 52.9 Å². The van der Waals surface area contributed by atoms with Crippen LogP contribution >= 0.6 is 0 Å². The Hall–Kier alpha value is -1.79. The number of benzene rings is 2. The third kappa shape index (κ3) is 5.14. The molecule has 0 spiro atoms. The summed E-state index contributed by atoms with van der Waals surface area (Å²) in [6.07, 6.45) is -0.917. The Kier molecular flexibility index (Phi) is 6.76. The molecule has 138 valence electrons. The summed E-state index contributed by atoms with van der Waals surface area (Å²) in [5.41, 5.74) is 2.14. The molecule has 1 heterocycles. The molecule has 6 heteroatoms. The van der Waals surface area contributed by atoms with Gasteiger partial charge in [-0.1, -0.05) is 26.8 Å². The van der Waals surface area contributed by atoms with Crippen molar-refractivity contribution < 1.29 is 24.2 Å². The summed E-state index contributed by atoms with van der Waals surface area (Å²) >= 11 is 0. The van der Waals surface area contributed by atoms with Gasteiger partial charge in [-0.25, -0.2) is 4.79 Å². The average Bonchev–Trinajstić information content (AvgIpc) is 3.02. The van der Waals surface area contributed by atoms with Crippen molar-refractivity contribution in [3.05, 3.63) is 65.4 Å². The van der Waals surface area contributed by atoms with Gasteiger partial charge in [0.15, 0.2) is 0 Å². The van der Waals surface area contributed by atoms with E-state index in [9.17, 15) is 9.90 Å². The Balaban J connectivity index is 0.00000261. The molecule has 0 fully saturated rings. The number of aromatic carboxylic acids is 1. The molecule has 5 nitrogen and oxygen atoms in total. The number of hydrogen-bond acceptors (Lipinski definition) is 4. The number of hydrogen-bond donors (Lipinski definition) is 2. The van der Waals surface area contributed by atoms with Gasteiger partial charge in [-0.15, -0.1) is 0 Å². The van der Waals surface area contributed by atoms with E-state index in [1.54, 1.807) is 12.1 Å². The average molecular weight is 378 g/mol. The van der Waals surface area contributed by atoms with Crippen molar-refractivity contribution in [1.29, 1.82) is 0 Å². The first-order valence-electron chi connectivity index (χ1n) is 8.42. The van der Waals surface area contributed by atoms with Crippen LogP contribution in [0.2, 0.25) is 0 Å². The van der Waals surface area contributed by atoms with Gasteiger partial charge in [0.25, 0.3) is 0 Å². The summed E-state index contributed by atoms with van der Waals surface area (Å²) in [5, 5.41) is 20.2. The van der Waals surface area contributed by atoms with Gasteiger partial charge in [0.2, 0.25) is 0 Å². The van der Waals surface area contributed by atoms with E-state index in [2.05, 4.69) is 26.8 Å². The van der Waals surface area contributed by atoms with E-state index in [0.29, 0.717) is 11.5 Å². The van der Waals surface area contributed by atoms with Gasteiger partial charge in [-0.05, 0) is 53.4 Å². The molecule has 2 N–H and O–H groups in total. The summed E-state index contributed by atoms with van der Waals surface area (Å²) in [6.45, 7) is 6.45. The Morgan fingerprint density at radius 2 is 1.78 bits per heavy atom. The summed E-state index contributed by atoms with van der Waals surface area (Å²) in [6, 6.07) is 13.9. The number of fused-ring (bicyclic) bond motifs is 1. The Bertz CT molecular complexity index is 922. The van der Waals surface area contributed by atoms with Crippen LogP contribution in [-0.4, -0.2) is 52.3 Å². The molecule has 0 aliphatic carbocycles. The van der Waals surface area contributed by atoms with Gasteiger partial charge in [-0.2, -0.15) is 0 Å². The molecule has 0 radical (unpaired) electrons. The van der Waals surface area contributed by atoms with E-state index in [0.717, 1.165) is 11.0 Å². The van der Waals surface area contributed by atoms with Crippen LogP contribution in [-0.2, 0) is 5.41 Å². The molecule has 3 rings (SSSR count). The van der Waals surface area contributed by atoms with Crippen molar-refractivity contribution >= 4 is 46.5 Å². The predicted octanol–water partition coefficient (Wildman–Crippen LogP) is 3.89. The monoisotopic (exact) mass is 378 g/mol. The molecular formula is C21H23NaO5. The van der Waals surface area contributed by atoms with Crippen molar-refractivity contribution in [3.8, 4) is 5.75 Å². The van der Waals surface area contributed by atoms with Gasteiger partial charge in [-0.3, -0.25) is 0 Å². The molecule has 3 aromatic rings. The first-order chi connectivity index (χ1) is 12.2. The first-order valence-corrected chi connectivity index (χ1v) is 8.42. The number of ether oxygens (including phenoxy) is 1. The van der Waals surface area contributed by atoms with Crippen molar-refractivity contribution in [2.45, 2.75) is 32.3 Å². The molecular weight excluding hydrogens is 355 g/mol. The molecule has 0 aliphatic rings. The van der Waals surface area contributed by atoms with Gasteiger partial charge in [0.1, 0.15) is 29.8 Å². The molecule has 0 bridgehead atoms. The van der Waals surface area contributed by atoms with Crippen LogP contribution in [0, 0.1) is 0 Å². The van der Waals surface area contributed by atoms with Gasteiger partial charge >= 0.3 is 35.5 Å². The first kappa shape index (κ1) is 21.5. The molecule has 0 saturated heterocycles. The van der Waals surface area contributed by atoms with Crippen LogP contribution in [0.5, 0.6) is 5.75 Å². The van der Waals surface area contributed by atoms with Gasteiger partial charge in [0.05, 0.1) is 5.56 Å². The van der Waals surface area contributed by atoms with Crippen molar-refractivity contribution in [1.82, 2.24) is 0 Å². The molecule has 1 atom stereocenters. The van der Waals surface area contributed by atoms with E-state index in [4.69, 9.17) is 14.3 Å². The van der Waals surface area contributed by atoms with Crippen LogP contribution in [0.1, 0.15) is 48.6 Å². The molecule has 1 aromatic heterocycles. The minimum atomic E-state index is -0.992. The standard InChI is InChI=1S/C21H22O5.Na.H/c1-21(2,3)15-6-9-18-14(10-15)11-19(26-18)17(22)12-25-16-7-4-13(5-8-16)20(23)24;;/h4-11,17,22H,12H2,1-3H3,(H,23,24);;. The molecule has 0 saturated carbocycles. The third-order valence-corrected chi connectivity index (χ3v) is 4.24. The fraction of sp³-hybridized carbons (Fsp3) is 0.286. The zero-order valence-electron chi connectivity index (χ0n) is 15.0. The Morgan fingerprint density at radius 1 is 1.11 bits per heavy atom. The fourth-order valence-corrected chi connectivity index (χ4v) is 2.65. The van der Waals surface area contributed by atoms with Crippen LogP contribution < -0.4 is 4.74 Å². The Labute approximate surface area is 180 Å². The molecule has 27 heavy (non-hydrogen) atoms. The summed E-state index contributed by atoms with van der Waals surface area (Å²) in [4.78, 5) is 10.8. The quantitative estimate of drug-likeness (QED) is 0.659. The second-order valence-corrected chi connectivity index (χ2v) is 7.31. The van der Waals surface area contributed by atoms with Crippen molar-refractivity contribution in [2.24, 2.45) is 0 Å². The van der Waals surface area contributed by atoms with Gasteiger partial charge < -0.3 is 19.4 Å². The summed E-state index contributed by atoms with van der Waals surface area (Å²) in [5.74, 6) is -0.0677. The van der Waals surface area contributed by atoms with E-state index < -0.39 is 12.1 Å². The minimum absolute atomic E-state index is 0. The normalized spacial score (nSPS) is 12.4. The summed E-state index contributed by atoms with van der Waals surface area (Å²) in [7, 11) is 0. The van der Waals surface area contributed by atoms with Gasteiger partial charge in [0, 0.05) is 5.39 Å². The molecule has 2 aromatic carbocycles. The zero-order valence-corrected chi connectivity index (χ0v) is 15.0. The summed E-state index contributed by atoms with van der Waals surface area (Å²) < 4.78 is 11.3. The molecule has 1 unspecified atom stereocenters. The Morgan fingerprint density at radius 3 is 2.37 bits per heavy atom. The number of aliphatic hydroxyl groups excluding tert-OH is 1. The van der Waals surface area contributed by atoms with Crippen molar-refractivity contribution in [3.63, 3.8) is 0 Å². The number of carbonyl (C=O) groups is 1. The van der Waals surface area contributed by atoms with Crippen LogP contribution in [0.3, 0.4) is 0 Å². The number of rotatable bonds is 5. The molecule has 0 aliphatic heterocycles. The SMILES string of the molecule is CC(C)(C)c1ccc2oc(C(O)COc3ccc(C(=O)O)cc3)cc2c1.[NaH]. The second-order valence-electron chi connectivity index (χ2n) is 7.31. The molecule has 0 amide bonds. The third-order valence-electron chi connectivity index (χ3n) is 4.24. The predicted molar refractivity (Wildman–Crippen MR) is 106 cm³/mol. The number of carboxylic acid groups (broad SMARTS) is 1. The zero-order chi connectivity index (χ0) is 18.9. The van der Waals surface area contributed by atoms with E-state index in [-0.39, 0.29) is 47.1 Å². The van der Waals surface area contributed by atoms with E-state index in [1.165, 1.54) is 17.7 Å². The maximum absolute atomic E-state index is 10.8. The number of aliphatic hydroxyl groups is 1. The fourth-order valence-electron chi connectivity index (χ4n) is 2.65. The topological polar surface area (TPSA) is 79.9 Å². The van der Waals surface area contributed by atoms with Crippen LogP contribution in [0.4, 0.5) is 0 Å². The van der Waals surface area contributed by atoms with Crippen LogP contribution in [0.25, 0.3) is 11.0 Å². The number of carboxylic acids is 1.